The summed E-state index contributed by atoms with van der Waals surface area (Å²) in [6.07, 6.45) is 1.28. The molecule has 0 heterocycles. The number of methoxy groups -OCH3 is 1. The number of halogens is 2. The molecule has 0 saturated heterocycles. The van der Waals surface area contributed by atoms with E-state index < -0.39 is 11.8 Å². The summed E-state index contributed by atoms with van der Waals surface area (Å²) in [5, 5.41) is 6.38. The summed E-state index contributed by atoms with van der Waals surface area (Å²) in [6, 6.07) is 10.0. The molecular weight excluding hydrogens is 337 g/mol. The van der Waals surface area contributed by atoms with Crippen molar-refractivity contribution in [1.82, 2.24) is 5.43 Å². The number of nitrogens with one attached hydrogen (secondary N) is 2. The van der Waals surface area contributed by atoms with Gasteiger partial charge in [0.15, 0.2) is 0 Å². The minimum absolute atomic E-state index is 0.257. The molecule has 8 heteroatoms. The Morgan fingerprint density at radius 2 is 1.88 bits per heavy atom. The largest absolute Gasteiger partial charge is 0.495 e. The van der Waals surface area contributed by atoms with Crippen LogP contribution in [0.4, 0.5) is 10.1 Å². The molecule has 0 aliphatic rings. The van der Waals surface area contributed by atoms with Gasteiger partial charge in [0, 0.05) is 5.02 Å². The second-order valence-corrected chi connectivity index (χ2v) is 4.99. The van der Waals surface area contributed by atoms with E-state index in [0.717, 1.165) is 0 Å². The smallest absolute Gasteiger partial charge is 0.329 e. The quantitative estimate of drug-likeness (QED) is 0.506. The number of anilines is 1. The minimum atomic E-state index is -0.976. The fraction of sp³-hybridized carbons (Fsp3) is 0.0625. The topological polar surface area (TPSA) is 79.8 Å². The Morgan fingerprint density at radius 1 is 1.17 bits per heavy atom. The normalized spacial score (nSPS) is 10.5. The van der Waals surface area contributed by atoms with Crippen LogP contribution in [0.15, 0.2) is 47.6 Å². The minimum Gasteiger partial charge on any atom is -0.495 e. The molecule has 2 N–H and O–H groups in total. The van der Waals surface area contributed by atoms with E-state index in [9.17, 15) is 14.0 Å². The number of ether oxygens (including phenoxy) is 1. The van der Waals surface area contributed by atoms with Crippen LogP contribution >= 0.6 is 11.6 Å². The van der Waals surface area contributed by atoms with Crippen LogP contribution in [0, 0.1) is 5.82 Å². The number of carbonyl (C=O) groups is 2. The van der Waals surface area contributed by atoms with Gasteiger partial charge in [0.05, 0.1) is 19.0 Å². The van der Waals surface area contributed by atoms with Crippen molar-refractivity contribution in [1.29, 1.82) is 0 Å². The summed E-state index contributed by atoms with van der Waals surface area (Å²) in [4.78, 5) is 23.5. The number of rotatable bonds is 4. The molecule has 0 aliphatic heterocycles. The molecule has 0 spiro atoms. The first-order valence-electron chi connectivity index (χ1n) is 6.73. The third kappa shape index (κ3) is 4.79. The lowest BCUT2D eigenvalue weighted by Gasteiger charge is -2.09. The number of carbonyl (C=O) groups excluding carboxylic acids is 2. The van der Waals surface area contributed by atoms with E-state index in [2.05, 4.69) is 15.8 Å². The third-order valence-electron chi connectivity index (χ3n) is 2.87. The lowest BCUT2D eigenvalue weighted by molar-refractivity contribution is -0.136. The molecule has 0 atom stereocenters. The standard InChI is InChI=1S/C16H13ClFN3O3/c1-24-14-7-4-11(17)8-13(14)20-15(22)16(23)21-19-9-10-2-5-12(18)6-3-10/h2-9H,1H3,(H,20,22)(H,21,23)/b19-9+. The molecule has 6 nitrogen and oxygen atoms in total. The first-order chi connectivity index (χ1) is 11.5. The lowest BCUT2D eigenvalue weighted by Crippen LogP contribution is -2.32. The number of amides is 2. The Bertz CT molecular complexity index is 779. The predicted molar refractivity (Wildman–Crippen MR) is 88.8 cm³/mol. The van der Waals surface area contributed by atoms with Gasteiger partial charge >= 0.3 is 11.8 Å². The average Bonchev–Trinajstić information content (AvgIpc) is 2.56. The fourth-order valence-corrected chi connectivity index (χ4v) is 1.89. The highest BCUT2D eigenvalue weighted by Gasteiger charge is 2.15. The van der Waals surface area contributed by atoms with Crippen molar-refractivity contribution in [3.05, 3.63) is 58.9 Å². The summed E-state index contributed by atoms with van der Waals surface area (Å²) in [7, 11) is 1.42. The molecule has 0 aromatic heterocycles. The summed E-state index contributed by atoms with van der Waals surface area (Å²) >= 11 is 5.84. The highest BCUT2D eigenvalue weighted by atomic mass is 35.5. The highest BCUT2D eigenvalue weighted by molar-refractivity contribution is 6.40. The Morgan fingerprint density at radius 3 is 2.54 bits per heavy atom. The molecule has 2 rings (SSSR count). The zero-order valence-corrected chi connectivity index (χ0v) is 13.3. The van der Waals surface area contributed by atoms with Crippen molar-refractivity contribution < 1.29 is 18.7 Å². The maximum atomic E-state index is 12.8. The lowest BCUT2D eigenvalue weighted by atomic mass is 10.2. The van der Waals surface area contributed by atoms with Crippen LogP contribution in [0.2, 0.25) is 5.02 Å². The molecule has 0 bridgehead atoms. The molecule has 0 unspecified atom stereocenters. The first kappa shape index (κ1) is 17.4. The van der Waals surface area contributed by atoms with E-state index in [1.54, 1.807) is 12.1 Å². The predicted octanol–water partition coefficient (Wildman–Crippen LogP) is 2.58. The second-order valence-electron chi connectivity index (χ2n) is 4.55. The number of hydrogen-bond donors (Lipinski definition) is 2. The van der Waals surface area contributed by atoms with Crippen molar-refractivity contribution in [2.45, 2.75) is 0 Å². The van der Waals surface area contributed by atoms with Crippen LogP contribution in [0.1, 0.15) is 5.56 Å². The van der Waals surface area contributed by atoms with Crippen LogP contribution in [-0.4, -0.2) is 25.1 Å². The summed E-state index contributed by atoms with van der Waals surface area (Å²) in [5.41, 5.74) is 2.89. The molecule has 2 aromatic rings. The fourth-order valence-electron chi connectivity index (χ4n) is 1.72. The Hall–Kier alpha value is -2.93. The third-order valence-corrected chi connectivity index (χ3v) is 3.10. The number of hydrogen-bond acceptors (Lipinski definition) is 4. The van der Waals surface area contributed by atoms with Gasteiger partial charge in [-0.05, 0) is 35.9 Å². The van der Waals surface area contributed by atoms with E-state index in [-0.39, 0.29) is 11.5 Å². The van der Waals surface area contributed by atoms with Crippen LogP contribution in [0.5, 0.6) is 5.75 Å². The van der Waals surface area contributed by atoms with Gasteiger partial charge in [0.2, 0.25) is 0 Å². The maximum absolute atomic E-state index is 12.8. The molecule has 0 radical (unpaired) electrons. The van der Waals surface area contributed by atoms with E-state index in [0.29, 0.717) is 16.3 Å². The monoisotopic (exact) mass is 349 g/mol. The van der Waals surface area contributed by atoms with E-state index in [4.69, 9.17) is 16.3 Å². The summed E-state index contributed by atoms with van der Waals surface area (Å²) in [6.45, 7) is 0. The van der Waals surface area contributed by atoms with Gasteiger partial charge in [-0.1, -0.05) is 23.7 Å². The Labute approximate surface area is 142 Å². The Kier molecular flexibility index (Phi) is 5.86. The van der Waals surface area contributed by atoms with E-state index >= 15 is 0 Å². The van der Waals surface area contributed by atoms with Gasteiger partial charge < -0.3 is 10.1 Å². The summed E-state index contributed by atoms with van der Waals surface area (Å²) < 4.78 is 17.8. The first-order valence-corrected chi connectivity index (χ1v) is 7.11. The van der Waals surface area contributed by atoms with Gasteiger partial charge in [0.25, 0.3) is 0 Å². The average molecular weight is 350 g/mol. The number of hydrazone groups is 1. The van der Waals surface area contributed by atoms with Crippen LogP contribution in [-0.2, 0) is 9.59 Å². The van der Waals surface area contributed by atoms with Gasteiger partial charge in [0.1, 0.15) is 11.6 Å². The van der Waals surface area contributed by atoms with Crippen molar-refractivity contribution in [2.75, 3.05) is 12.4 Å². The van der Waals surface area contributed by atoms with Crippen molar-refractivity contribution in [2.24, 2.45) is 5.10 Å². The zero-order valence-electron chi connectivity index (χ0n) is 12.5. The van der Waals surface area contributed by atoms with Gasteiger partial charge in [-0.3, -0.25) is 9.59 Å². The van der Waals surface area contributed by atoms with Gasteiger partial charge in [-0.25, -0.2) is 9.82 Å². The SMILES string of the molecule is COc1ccc(Cl)cc1NC(=O)C(=O)N/N=C/c1ccc(F)cc1. The van der Waals surface area contributed by atoms with Crippen molar-refractivity contribution in [3.63, 3.8) is 0 Å². The molecule has 0 fully saturated rings. The van der Waals surface area contributed by atoms with Crippen LogP contribution < -0.4 is 15.5 Å². The van der Waals surface area contributed by atoms with Crippen molar-refractivity contribution >= 4 is 35.3 Å². The van der Waals surface area contributed by atoms with E-state index in [1.165, 1.54) is 43.7 Å². The molecule has 124 valence electrons. The molecule has 0 aliphatic carbocycles. The second kappa shape index (κ2) is 8.07. The van der Waals surface area contributed by atoms with Crippen LogP contribution in [0.3, 0.4) is 0 Å². The maximum Gasteiger partial charge on any atom is 0.329 e. The van der Waals surface area contributed by atoms with Crippen LogP contribution in [0.25, 0.3) is 0 Å². The molecule has 0 saturated carbocycles. The molecule has 24 heavy (non-hydrogen) atoms. The highest BCUT2D eigenvalue weighted by Crippen LogP contribution is 2.27. The van der Waals surface area contributed by atoms with Gasteiger partial charge in [-0.15, -0.1) is 0 Å². The van der Waals surface area contributed by atoms with Crippen molar-refractivity contribution in [3.8, 4) is 5.75 Å². The summed E-state index contributed by atoms with van der Waals surface area (Å²) in [5.74, 6) is -1.94. The number of nitrogens with zero attached hydrogens (tertiary/aromatic N) is 1. The number of benzene rings is 2. The Balaban J connectivity index is 1.96. The molecular formula is C16H13ClFN3O3. The zero-order chi connectivity index (χ0) is 17.5. The van der Waals surface area contributed by atoms with E-state index in [1.807, 2.05) is 0 Å². The molecule has 2 amide bonds. The van der Waals surface area contributed by atoms with Gasteiger partial charge in [-0.2, -0.15) is 5.10 Å². The molecule has 2 aromatic carbocycles.